The fraction of sp³-hybridized carbons (Fsp3) is 0.846. The molecule has 1 saturated heterocycles. The van der Waals surface area contributed by atoms with Gasteiger partial charge in [0.15, 0.2) is 0 Å². The van der Waals surface area contributed by atoms with Crippen molar-refractivity contribution in [3.8, 4) is 0 Å². The maximum absolute atomic E-state index is 9.38. The Labute approximate surface area is 112 Å². The molecule has 4 nitrogen and oxygen atoms in total. The van der Waals surface area contributed by atoms with Crippen LogP contribution in [0.3, 0.4) is 0 Å². The first-order chi connectivity index (χ1) is 8.88. The highest BCUT2D eigenvalue weighted by molar-refractivity contribution is 7.99. The van der Waals surface area contributed by atoms with E-state index in [1.54, 1.807) is 0 Å². The molecule has 3 rings (SSSR count). The zero-order valence-electron chi connectivity index (χ0n) is 10.7. The summed E-state index contributed by atoms with van der Waals surface area (Å²) in [6, 6.07) is 0. The molecule has 1 aromatic heterocycles. The van der Waals surface area contributed by atoms with Crippen LogP contribution in [0.2, 0.25) is 0 Å². The molecular weight excluding hydrogens is 246 g/mol. The van der Waals surface area contributed by atoms with Gasteiger partial charge >= 0.3 is 0 Å². The molecule has 5 heteroatoms. The van der Waals surface area contributed by atoms with E-state index < -0.39 is 0 Å². The second-order valence-corrected chi connectivity index (χ2v) is 6.58. The molecule has 0 aliphatic carbocycles. The van der Waals surface area contributed by atoms with Gasteiger partial charge in [0.25, 0.3) is 0 Å². The van der Waals surface area contributed by atoms with Crippen LogP contribution < -0.4 is 0 Å². The molecule has 2 atom stereocenters. The van der Waals surface area contributed by atoms with Crippen molar-refractivity contribution in [3.05, 3.63) is 11.6 Å². The van der Waals surface area contributed by atoms with Crippen LogP contribution >= 0.6 is 11.8 Å². The average Bonchev–Trinajstić information content (AvgIpc) is 2.83. The molecule has 0 radical (unpaired) electrons. The SMILES string of the molecule is OCC1CCCn2c(CC3CCCSC3)nnc21. The summed E-state index contributed by atoms with van der Waals surface area (Å²) in [6.07, 6.45) is 5.93. The molecule has 0 amide bonds. The first-order valence-corrected chi connectivity index (χ1v) is 8.14. The molecule has 0 aromatic carbocycles. The Morgan fingerprint density at radius 1 is 1.28 bits per heavy atom. The van der Waals surface area contributed by atoms with Gasteiger partial charge in [0.1, 0.15) is 11.6 Å². The van der Waals surface area contributed by atoms with Crippen molar-refractivity contribution >= 4 is 11.8 Å². The number of fused-ring (bicyclic) bond motifs is 1. The lowest BCUT2D eigenvalue weighted by atomic mass is 9.98. The van der Waals surface area contributed by atoms with Crippen molar-refractivity contribution in [2.75, 3.05) is 18.1 Å². The summed E-state index contributed by atoms with van der Waals surface area (Å²) in [5.41, 5.74) is 0. The van der Waals surface area contributed by atoms with Crippen molar-refractivity contribution in [3.63, 3.8) is 0 Å². The Kier molecular flexibility index (Phi) is 3.89. The number of thioether (sulfide) groups is 1. The second-order valence-electron chi connectivity index (χ2n) is 5.44. The molecule has 2 aliphatic heterocycles. The van der Waals surface area contributed by atoms with E-state index in [2.05, 4.69) is 26.5 Å². The Balaban J connectivity index is 1.74. The van der Waals surface area contributed by atoms with E-state index in [0.29, 0.717) is 0 Å². The third-order valence-corrected chi connectivity index (χ3v) is 5.39. The molecule has 100 valence electrons. The first kappa shape index (κ1) is 12.5. The first-order valence-electron chi connectivity index (χ1n) is 6.99. The van der Waals surface area contributed by atoms with Crippen LogP contribution in [-0.4, -0.2) is 38.0 Å². The molecule has 3 heterocycles. The second kappa shape index (κ2) is 5.61. The maximum atomic E-state index is 9.38. The van der Waals surface area contributed by atoms with E-state index in [1.807, 2.05) is 0 Å². The molecular formula is C13H21N3OS. The summed E-state index contributed by atoms with van der Waals surface area (Å²) in [5, 5.41) is 18.1. The molecule has 0 bridgehead atoms. The van der Waals surface area contributed by atoms with Crippen LogP contribution in [0, 0.1) is 5.92 Å². The predicted octanol–water partition coefficient (Wildman–Crippen LogP) is 1.83. The van der Waals surface area contributed by atoms with Gasteiger partial charge in [-0.25, -0.2) is 0 Å². The third-order valence-electron chi connectivity index (χ3n) is 4.10. The largest absolute Gasteiger partial charge is 0.396 e. The fourth-order valence-electron chi connectivity index (χ4n) is 3.07. The Hall–Kier alpha value is -0.550. The highest BCUT2D eigenvalue weighted by atomic mass is 32.2. The number of nitrogens with zero attached hydrogens (tertiary/aromatic N) is 3. The van der Waals surface area contributed by atoms with Crippen molar-refractivity contribution in [1.29, 1.82) is 0 Å². The van der Waals surface area contributed by atoms with Crippen LogP contribution in [0.1, 0.15) is 43.3 Å². The van der Waals surface area contributed by atoms with E-state index in [0.717, 1.165) is 43.4 Å². The summed E-state index contributed by atoms with van der Waals surface area (Å²) >= 11 is 2.07. The fourth-order valence-corrected chi connectivity index (χ4v) is 4.23. The molecule has 1 fully saturated rings. The standard InChI is InChI=1S/C13H21N3OS/c17-8-11-4-1-5-16-12(14-15-13(11)16)7-10-3-2-6-18-9-10/h10-11,17H,1-9H2. The molecule has 18 heavy (non-hydrogen) atoms. The zero-order valence-corrected chi connectivity index (χ0v) is 11.5. The van der Waals surface area contributed by atoms with Crippen LogP contribution in [-0.2, 0) is 13.0 Å². The van der Waals surface area contributed by atoms with Gasteiger partial charge in [-0.15, -0.1) is 10.2 Å². The monoisotopic (exact) mass is 267 g/mol. The van der Waals surface area contributed by atoms with Crippen molar-refractivity contribution in [2.24, 2.45) is 5.92 Å². The minimum absolute atomic E-state index is 0.206. The summed E-state index contributed by atoms with van der Waals surface area (Å²) in [5.74, 6) is 5.73. The predicted molar refractivity (Wildman–Crippen MR) is 72.8 cm³/mol. The minimum atomic E-state index is 0.206. The molecule has 2 unspecified atom stereocenters. The van der Waals surface area contributed by atoms with Crippen LogP contribution in [0.15, 0.2) is 0 Å². The van der Waals surface area contributed by atoms with Crippen molar-refractivity contribution < 1.29 is 5.11 Å². The number of aliphatic hydroxyl groups is 1. The third kappa shape index (κ3) is 2.43. The smallest absolute Gasteiger partial charge is 0.138 e. The number of aliphatic hydroxyl groups excluding tert-OH is 1. The van der Waals surface area contributed by atoms with Crippen LogP contribution in [0.5, 0.6) is 0 Å². The van der Waals surface area contributed by atoms with E-state index >= 15 is 0 Å². The van der Waals surface area contributed by atoms with Crippen LogP contribution in [0.4, 0.5) is 0 Å². The molecule has 0 saturated carbocycles. The maximum Gasteiger partial charge on any atom is 0.138 e. The van der Waals surface area contributed by atoms with Crippen molar-refractivity contribution in [1.82, 2.24) is 14.8 Å². The number of hydrogen-bond donors (Lipinski definition) is 1. The summed E-state index contributed by atoms with van der Waals surface area (Å²) in [6.45, 7) is 1.24. The number of rotatable bonds is 3. The molecule has 1 N–H and O–H groups in total. The van der Waals surface area contributed by atoms with Gasteiger partial charge in [0, 0.05) is 18.9 Å². The molecule has 2 aliphatic rings. The van der Waals surface area contributed by atoms with E-state index in [-0.39, 0.29) is 12.5 Å². The zero-order chi connectivity index (χ0) is 12.4. The summed E-state index contributed by atoms with van der Waals surface area (Å²) in [7, 11) is 0. The Bertz CT molecular complexity index is 401. The summed E-state index contributed by atoms with van der Waals surface area (Å²) in [4.78, 5) is 0. The van der Waals surface area contributed by atoms with Gasteiger partial charge in [-0.05, 0) is 43.1 Å². The molecule has 1 aromatic rings. The lowest BCUT2D eigenvalue weighted by Crippen LogP contribution is -2.22. The van der Waals surface area contributed by atoms with Gasteiger partial charge in [-0.1, -0.05) is 0 Å². The summed E-state index contributed by atoms with van der Waals surface area (Å²) < 4.78 is 2.27. The average molecular weight is 267 g/mol. The van der Waals surface area contributed by atoms with Gasteiger partial charge in [-0.3, -0.25) is 0 Å². The highest BCUT2D eigenvalue weighted by Gasteiger charge is 2.26. The minimum Gasteiger partial charge on any atom is -0.396 e. The van der Waals surface area contributed by atoms with E-state index in [9.17, 15) is 5.11 Å². The molecule has 0 spiro atoms. The van der Waals surface area contributed by atoms with E-state index in [1.165, 1.54) is 24.3 Å². The van der Waals surface area contributed by atoms with Gasteiger partial charge in [0.05, 0.1) is 6.61 Å². The van der Waals surface area contributed by atoms with Crippen molar-refractivity contribution in [2.45, 2.75) is 44.6 Å². The van der Waals surface area contributed by atoms with Gasteiger partial charge < -0.3 is 9.67 Å². The number of aromatic nitrogens is 3. The normalized spacial score (nSPS) is 28.1. The van der Waals surface area contributed by atoms with Gasteiger partial charge in [0.2, 0.25) is 0 Å². The highest BCUT2D eigenvalue weighted by Crippen LogP contribution is 2.29. The van der Waals surface area contributed by atoms with Gasteiger partial charge in [-0.2, -0.15) is 11.8 Å². The topological polar surface area (TPSA) is 50.9 Å². The van der Waals surface area contributed by atoms with Crippen LogP contribution in [0.25, 0.3) is 0 Å². The Morgan fingerprint density at radius 3 is 3.00 bits per heavy atom. The number of hydrogen-bond acceptors (Lipinski definition) is 4. The lowest BCUT2D eigenvalue weighted by molar-refractivity contribution is 0.237. The Morgan fingerprint density at radius 2 is 2.22 bits per heavy atom. The quantitative estimate of drug-likeness (QED) is 0.908. The lowest BCUT2D eigenvalue weighted by Gasteiger charge is -2.24. The van der Waals surface area contributed by atoms with E-state index in [4.69, 9.17) is 0 Å².